The van der Waals surface area contributed by atoms with Gasteiger partial charge < -0.3 is 24.8 Å². The lowest BCUT2D eigenvalue weighted by molar-refractivity contribution is -0.00263. The fraction of sp³-hybridized carbons (Fsp3) is 0.545. The maximum atomic E-state index is 5.58. The molecule has 29 heavy (non-hydrogen) atoms. The number of ether oxygens (including phenoxy) is 1. The van der Waals surface area contributed by atoms with Gasteiger partial charge in [-0.15, -0.1) is 0 Å². The second kappa shape index (κ2) is 9.89. The number of likely N-dealkylation sites (N-methyl/N-ethyl adjacent to an activating group) is 1. The standard InChI is InChI=1S/C22H34N6O/c1-5-23-21(25-17-22(27(2)3)11-13-29-14-12-22)28(4)16-20-24-15-19(26-20)18-9-7-6-8-10-18/h6-10,15H,5,11-14,16-17H2,1-4H3,(H,23,25)(H,24,26). The summed E-state index contributed by atoms with van der Waals surface area (Å²) >= 11 is 0. The SMILES string of the molecule is CCNC(=NCC1(N(C)C)CCOCC1)N(C)Cc1ncc(-c2ccccc2)[nH]1. The fourth-order valence-corrected chi connectivity index (χ4v) is 3.70. The van der Waals surface area contributed by atoms with E-state index in [4.69, 9.17) is 9.73 Å². The molecule has 1 saturated heterocycles. The number of benzene rings is 1. The summed E-state index contributed by atoms with van der Waals surface area (Å²) in [6.45, 7) is 5.94. The monoisotopic (exact) mass is 398 g/mol. The molecule has 1 aliphatic rings. The number of guanidine groups is 1. The van der Waals surface area contributed by atoms with Crippen LogP contribution < -0.4 is 5.32 Å². The molecule has 3 rings (SSSR count). The van der Waals surface area contributed by atoms with E-state index < -0.39 is 0 Å². The van der Waals surface area contributed by atoms with Crippen molar-refractivity contribution < 1.29 is 4.74 Å². The van der Waals surface area contributed by atoms with Gasteiger partial charge in [-0.2, -0.15) is 0 Å². The van der Waals surface area contributed by atoms with Gasteiger partial charge in [0, 0.05) is 32.3 Å². The number of nitrogens with one attached hydrogen (secondary N) is 2. The molecular weight excluding hydrogens is 364 g/mol. The third-order valence-electron chi connectivity index (χ3n) is 5.69. The van der Waals surface area contributed by atoms with E-state index >= 15 is 0 Å². The second-order valence-electron chi connectivity index (χ2n) is 7.87. The molecular formula is C22H34N6O. The van der Waals surface area contributed by atoms with E-state index in [-0.39, 0.29) is 5.54 Å². The highest BCUT2D eigenvalue weighted by molar-refractivity contribution is 5.79. The minimum atomic E-state index is 0.0604. The molecule has 1 aromatic carbocycles. The smallest absolute Gasteiger partial charge is 0.194 e. The molecule has 7 nitrogen and oxygen atoms in total. The van der Waals surface area contributed by atoms with Gasteiger partial charge in [-0.05, 0) is 39.4 Å². The first kappa shape index (κ1) is 21.3. The first-order chi connectivity index (χ1) is 14.0. The van der Waals surface area contributed by atoms with Crippen LogP contribution >= 0.6 is 0 Å². The van der Waals surface area contributed by atoms with E-state index in [0.29, 0.717) is 6.54 Å². The van der Waals surface area contributed by atoms with Gasteiger partial charge in [0.1, 0.15) is 5.82 Å². The highest BCUT2D eigenvalue weighted by Crippen LogP contribution is 2.26. The van der Waals surface area contributed by atoms with Gasteiger partial charge in [0.05, 0.1) is 25.0 Å². The number of rotatable bonds is 7. The highest BCUT2D eigenvalue weighted by atomic mass is 16.5. The van der Waals surface area contributed by atoms with Crippen molar-refractivity contribution in [2.45, 2.75) is 31.8 Å². The predicted octanol–water partition coefficient (Wildman–Crippen LogP) is 2.58. The topological polar surface area (TPSA) is 68.8 Å². The Kier molecular flexibility index (Phi) is 7.28. The lowest BCUT2D eigenvalue weighted by Crippen LogP contribution is -2.51. The van der Waals surface area contributed by atoms with Crippen LogP contribution in [0.25, 0.3) is 11.3 Å². The van der Waals surface area contributed by atoms with Crippen molar-refractivity contribution in [1.82, 2.24) is 25.1 Å². The molecule has 0 atom stereocenters. The minimum absolute atomic E-state index is 0.0604. The lowest BCUT2D eigenvalue weighted by atomic mass is 9.89. The normalized spacial score (nSPS) is 16.8. The number of hydrogen-bond donors (Lipinski definition) is 2. The zero-order valence-corrected chi connectivity index (χ0v) is 18.1. The van der Waals surface area contributed by atoms with Crippen LogP contribution in [0, 0.1) is 0 Å². The van der Waals surface area contributed by atoms with Crippen LogP contribution in [0.5, 0.6) is 0 Å². The number of H-pyrrole nitrogens is 1. The summed E-state index contributed by atoms with van der Waals surface area (Å²) in [5.74, 6) is 1.82. The minimum Gasteiger partial charge on any atom is -0.381 e. The Balaban J connectivity index is 1.70. The number of aromatic nitrogens is 2. The number of nitrogens with zero attached hydrogens (tertiary/aromatic N) is 4. The Labute approximate surface area is 174 Å². The molecule has 0 spiro atoms. The molecule has 0 bridgehead atoms. The van der Waals surface area contributed by atoms with Gasteiger partial charge in [0.25, 0.3) is 0 Å². The quantitative estimate of drug-likeness (QED) is 0.554. The van der Waals surface area contributed by atoms with Crippen LogP contribution in [0.3, 0.4) is 0 Å². The summed E-state index contributed by atoms with van der Waals surface area (Å²) in [5.41, 5.74) is 2.23. The Bertz CT molecular complexity index is 780. The van der Waals surface area contributed by atoms with E-state index in [1.807, 2.05) is 24.4 Å². The van der Waals surface area contributed by atoms with Gasteiger partial charge >= 0.3 is 0 Å². The molecule has 2 aromatic rings. The van der Waals surface area contributed by atoms with Crippen molar-refractivity contribution in [2.24, 2.45) is 4.99 Å². The Morgan fingerprint density at radius 3 is 2.59 bits per heavy atom. The molecule has 1 aromatic heterocycles. The Morgan fingerprint density at radius 1 is 1.21 bits per heavy atom. The van der Waals surface area contributed by atoms with E-state index in [2.05, 4.69) is 65.3 Å². The molecule has 158 valence electrons. The number of aliphatic imine (C=N–C) groups is 1. The lowest BCUT2D eigenvalue weighted by Gasteiger charge is -2.42. The van der Waals surface area contributed by atoms with Crippen molar-refractivity contribution in [1.29, 1.82) is 0 Å². The number of imidazole rings is 1. The Hall–Kier alpha value is -2.38. The van der Waals surface area contributed by atoms with Crippen LogP contribution in [0.2, 0.25) is 0 Å². The molecule has 0 unspecified atom stereocenters. The van der Waals surface area contributed by atoms with Gasteiger partial charge in [-0.3, -0.25) is 4.99 Å². The van der Waals surface area contributed by atoms with E-state index in [9.17, 15) is 0 Å². The summed E-state index contributed by atoms with van der Waals surface area (Å²) in [7, 11) is 6.34. The third kappa shape index (κ3) is 5.36. The van der Waals surface area contributed by atoms with Crippen molar-refractivity contribution in [2.75, 3.05) is 47.4 Å². The summed E-state index contributed by atoms with van der Waals surface area (Å²) < 4.78 is 5.58. The van der Waals surface area contributed by atoms with E-state index in [1.54, 1.807) is 0 Å². The van der Waals surface area contributed by atoms with Gasteiger partial charge in [0.15, 0.2) is 5.96 Å². The molecule has 1 fully saturated rings. The van der Waals surface area contributed by atoms with Crippen molar-refractivity contribution >= 4 is 5.96 Å². The van der Waals surface area contributed by atoms with Crippen LogP contribution in [-0.4, -0.2) is 78.7 Å². The summed E-state index contributed by atoms with van der Waals surface area (Å²) in [6.07, 6.45) is 3.90. The third-order valence-corrected chi connectivity index (χ3v) is 5.69. The first-order valence-electron chi connectivity index (χ1n) is 10.4. The largest absolute Gasteiger partial charge is 0.381 e. The molecule has 2 N–H and O–H groups in total. The van der Waals surface area contributed by atoms with Crippen LogP contribution in [0.1, 0.15) is 25.6 Å². The van der Waals surface area contributed by atoms with Crippen LogP contribution in [0.4, 0.5) is 0 Å². The van der Waals surface area contributed by atoms with Crippen LogP contribution in [-0.2, 0) is 11.3 Å². The average molecular weight is 399 g/mol. The van der Waals surface area contributed by atoms with Crippen molar-refractivity contribution in [3.05, 3.63) is 42.4 Å². The summed E-state index contributed by atoms with van der Waals surface area (Å²) in [4.78, 5) is 17.4. The maximum absolute atomic E-state index is 5.58. The average Bonchev–Trinajstić information content (AvgIpc) is 3.20. The van der Waals surface area contributed by atoms with E-state index in [1.165, 1.54) is 0 Å². The molecule has 0 aliphatic carbocycles. The second-order valence-corrected chi connectivity index (χ2v) is 7.87. The summed E-state index contributed by atoms with van der Waals surface area (Å²) in [5, 5.41) is 3.42. The zero-order chi connectivity index (χ0) is 20.7. The Morgan fingerprint density at radius 2 is 1.93 bits per heavy atom. The van der Waals surface area contributed by atoms with Gasteiger partial charge in [-0.25, -0.2) is 4.98 Å². The highest BCUT2D eigenvalue weighted by Gasteiger charge is 2.34. The van der Waals surface area contributed by atoms with Gasteiger partial charge in [-0.1, -0.05) is 30.3 Å². The first-order valence-corrected chi connectivity index (χ1v) is 10.4. The fourth-order valence-electron chi connectivity index (χ4n) is 3.70. The molecule has 0 saturated carbocycles. The number of aromatic amines is 1. The van der Waals surface area contributed by atoms with E-state index in [0.717, 1.165) is 62.2 Å². The number of hydrogen-bond acceptors (Lipinski definition) is 4. The molecule has 1 aliphatic heterocycles. The molecule has 0 radical (unpaired) electrons. The van der Waals surface area contributed by atoms with Crippen molar-refractivity contribution in [3.63, 3.8) is 0 Å². The predicted molar refractivity (Wildman–Crippen MR) is 118 cm³/mol. The molecule has 0 amide bonds. The zero-order valence-electron chi connectivity index (χ0n) is 18.1. The van der Waals surface area contributed by atoms with Gasteiger partial charge in [0.2, 0.25) is 0 Å². The van der Waals surface area contributed by atoms with Crippen LogP contribution in [0.15, 0.2) is 41.5 Å². The van der Waals surface area contributed by atoms with Crippen molar-refractivity contribution in [3.8, 4) is 11.3 Å². The summed E-state index contributed by atoms with van der Waals surface area (Å²) in [6, 6.07) is 10.3. The molecule has 2 heterocycles. The maximum Gasteiger partial charge on any atom is 0.194 e. The molecule has 7 heteroatoms.